The van der Waals surface area contributed by atoms with Crippen LogP contribution in [0, 0.1) is 11.7 Å². The molecule has 2 aliphatic rings. The van der Waals surface area contributed by atoms with E-state index in [1.807, 2.05) is 92.7 Å². The molecule has 5 nitrogen and oxygen atoms in total. The van der Waals surface area contributed by atoms with E-state index in [4.69, 9.17) is 9.47 Å². The van der Waals surface area contributed by atoms with E-state index in [-0.39, 0.29) is 30.1 Å². The summed E-state index contributed by atoms with van der Waals surface area (Å²) in [6.45, 7) is 4.55. The summed E-state index contributed by atoms with van der Waals surface area (Å²) >= 11 is 0. The third kappa shape index (κ3) is 4.69. The molecule has 4 aromatic carbocycles. The van der Waals surface area contributed by atoms with E-state index in [0.29, 0.717) is 25.9 Å². The van der Waals surface area contributed by atoms with E-state index >= 15 is 0 Å². The average Bonchev–Trinajstić information content (AvgIpc) is 3.38. The van der Waals surface area contributed by atoms with Gasteiger partial charge in [-0.1, -0.05) is 66.7 Å². The Labute approximate surface area is 256 Å². The fraction of sp³-hybridized carbons (Fsp3) is 0.263. The fourth-order valence-corrected chi connectivity index (χ4v) is 7.12. The highest BCUT2D eigenvalue weighted by atomic mass is 19.1. The monoisotopic (exact) mass is 587 g/mol. The van der Waals surface area contributed by atoms with Crippen molar-refractivity contribution < 1.29 is 23.5 Å². The molecule has 1 saturated carbocycles. The van der Waals surface area contributed by atoms with Crippen molar-refractivity contribution in [2.75, 3.05) is 0 Å². The largest absolute Gasteiger partial charge is 0.488 e. The van der Waals surface area contributed by atoms with Gasteiger partial charge in [0.15, 0.2) is 0 Å². The second-order valence-corrected chi connectivity index (χ2v) is 12.7. The molecule has 0 unspecified atom stereocenters. The number of hydrogen-bond donors (Lipinski definition) is 0. The summed E-state index contributed by atoms with van der Waals surface area (Å²) in [6.07, 6.45) is 1.38. The number of halogens is 1. The minimum absolute atomic E-state index is 0.124. The van der Waals surface area contributed by atoms with Crippen molar-refractivity contribution in [1.82, 2.24) is 4.57 Å². The third-order valence-corrected chi connectivity index (χ3v) is 9.43. The molecule has 0 atom stereocenters. The van der Waals surface area contributed by atoms with Crippen molar-refractivity contribution in [3.05, 3.63) is 131 Å². The predicted molar refractivity (Wildman–Crippen MR) is 167 cm³/mol. The number of carbonyl (C=O) groups is 2. The minimum atomic E-state index is -0.816. The van der Waals surface area contributed by atoms with Gasteiger partial charge in [-0.2, -0.15) is 0 Å². The molecule has 222 valence electrons. The molecule has 0 amide bonds. The standard InChI is InChI=1S/C38H34FNO4/c1-37(2)32(41)22-38(20-27(21-38)36(42)44-24-26-12-7-4-8-13-26)34-33-30(40(35(34)37)29-18-16-28(39)17-19-29)14-9-15-31(33)43-23-25-10-5-3-6-11-25/h3-19,27H,20-24H2,1-2H3. The maximum absolute atomic E-state index is 14.1. The number of carbonyl (C=O) groups excluding carboxylic acids is 2. The Kier molecular flexibility index (Phi) is 6.88. The van der Waals surface area contributed by atoms with Crippen molar-refractivity contribution in [2.45, 2.75) is 57.2 Å². The van der Waals surface area contributed by atoms with Crippen LogP contribution in [0.3, 0.4) is 0 Å². The molecule has 2 aliphatic carbocycles. The number of nitrogens with zero attached hydrogens (tertiary/aromatic N) is 1. The molecule has 7 rings (SSSR count). The van der Waals surface area contributed by atoms with Gasteiger partial charge in [-0.3, -0.25) is 9.59 Å². The lowest BCUT2D eigenvalue weighted by Gasteiger charge is -2.51. The third-order valence-electron chi connectivity index (χ3n) is 9.43. The zero-order valence-electron chi connectivity index (χ0n) is 24.9. The van der Waals surface area contributed by atoms with Crippen LogP contribution in [-0.4, -0.2) is 16.3 Å². The van der Waals surface area contributed by atoms with Gasteiger partial charge in [0.05, 0.1) is 16.8 Å². The molecule has 1 heterocycles. The van der Waals surface area contributed by atoms with Crippen LogP contribution in [0.15, 0.2) is 103 Å². The van der Waals surface area contributed by atoms with Crippen LogP contribution < -0.4 is 4.74 Å². The molecule has 44 heavy (non-hydrogen) atoms. The van der Waals surface area contributed by atoms with Gasteiger partial charge in [0.1, 0.15) is 30.6 Å². The first kappa shape index (κ1) is 28.1. The number of benzene rings is 4. The molecule has 1 fully saturated rings. The van der Waals surface area contributed by atoms with Crippen molar-refractivity contribution in [2.24, 2.45) is 5.92 Å². The first-order valence-corrected chi connectivity index (χ1v) is 15.1. The van der Waals surface area contributed by atoms with E-state index in [9.17, 15) is 14.0 Å². The van der Waals surface area contributed by atoms with Crippen LogP contribution in [0.4, 0.5) is 4.39 Å². The molecule has 0 saturated heterocycles. The zero-order valence-corrected chi connectivity index (χ0v) is 24.9. The van der Waals surface area contributed by atoms with Gasteiger partial charge in [-0.05, 0) is 79.8 Å². The Morgan fingerprint density at radius 1 is 0.841 bits per heavy atom. The second kappa shape index (κ2) is 10.8. The van der Waals surface area contributed by atoms with Gasteiger partial charge in [0.2, 0.25) is 0 Å². The Balaban J connectivity index is 1.34. The first-order valence-electron chi connectivity index (χ1n) is 15.1. The molecular weight excluding hydrogens is 553 g/mol. The fourth-order valence-electron chi connectivity index (χ4n) is 7.12. The van der Waals surface area contributed by atoms with E-state index in [2.05, 4.69) is 4.57 Å². The van der Waals surface area contributed by atoms with Gasteiger partial charge < -0.3 is 14.0 Å². The molecule has 1 spiro atoms. The smallest absolute Gasteiger partial charge is 0.309 e. The van der Waals surface area contributed by atoms with E-state index in [1.165, 1.54) is 12.1 Å². The number of hydrogen-bond acceptors (Lipinski definition) is 4. The number of Topliss-reactive ketones (excluding diaryl/α,β-unsaturated/α-hetero) is 1. The summed E-state index contributed by atoms with van der Waals surface area (Å²) in [5.41, 5.74) is 4.23. The first-order chi connectivity index (χ1) is 21.3. The van der Waals surface area contributed by atoms with Crippen LogP contribution in [0.25, 0.3) is 16.6 Å². The molecule has 6 heteroatoms. The highest BCUT2D eigenvalue weighted by Gasteiger charge is 2.58. The number of aromatic nitrogens is 1. The van der Waals surface area contributed by atoms with Gasteiger partial charge in [0.25, 0.3) is 0 Å². The average molecular weight is 588 g/mol. The molecule has 0 radical (unpaired) electrons. The normalized spacial score (nSPS) is 20.2. The maximum Gasteiger partial charge on any atom is 0.309 e. The second-order valence-electron chi connectivity index (χ2n) is 12.7. The molecule has 5 aromatic rings. The lowest BCUT2D eigenvalue weighted by molar-refractivity contribution is -0.157. The van der Waals surface area contributed by atoms with Gasteiger partial charge in [0, 0.05) is 28.6 Å². The molecular formula is C38H34FNO4. The molecule has 0 N–H and O–H groups in total. The summed E-state index contributed by atoms with van der Waals surface area (Å²) < 4.78 is 28.4. The van der Waals surface area contributed by atoms with E-state index < -0.39 is 10.8 Å². The van der Waals surface area contributed by atoms with Crippen LogP contribution in [-0.2, 0) is 38.4 Å². The summed E-state index contributed by atoms with van der Waals surface area (Å²) in [4.78, 5) is 27.2. The van der Waals surface area contributed by atoms with Crippen LogP contribution in [0.5, 0.6) is 5.75 Å². The van der Waals surface area contributed by atoms with Gasteiger partial charge in [-0.15, -0.1) is 0 Å². The topological polar surface area (TPSA) is 57.5 Å². The number of esters is 1. The van der Waals surface area contributed by atoms with Crippen LogP contribution >= 0.6 is 0 Å². The van der Waals surface area contributed by atoms with Crippen molar-refractivity contribution in [3.8, 4) is 11.4 Å². The minimum Gasteiger partial charge on any atom is -0.488 e. The van der Waals surface area contributed by atoms with E-state index in [0.717, 1.165) is 44.7 Å². The van der Waals surface area contributed by atoms with Crippen molar-refractivity contribution in [3.63, 3.8) is 0 Å². The summed E-state index contributed by atoms with van der Waals surface area (Å²) in [5, 5.41) is 0.944. The Bertz CT molecular complexity index is 1850. The van der Waals surface area contributed by atoms with Gasteiger partial charge >= 0.3 is 5.97 Å². The van der Waals surface area contributed by atoms with Gasteiger partial charge in [-0.25, -0.2) is 4.39 Å². The van der Waals surface area contributed by atoms with Crippen LogP contribution in [0.1, 0.15) is 55.5 Å². The quantitative estimate of drug-likeness (QED) is 0.181. The van der Waals surface area contributed by atoms with Crippen molar-refractivity contribution >= 4 is 22.7 Å². The number of ketones is 1. The summed E-state index contributed by atoms with van der Waals surface area (Å²) in [6, 6.07) is 32.0. The molecule has 0 bridgehead atoms. The molecule has 1 aromatic heterocycles. The lowest BCUT2D eigenvalue weighted by atomic mass is 9.51. The molecule has 0 aliphatic heterocycles. The highest BCUT2D eigenvalue weighted by molar-refractivity contribution is 6.02. The Morgan fingerprint density at radius 2 is 1.48 bits per heavy atom. The Hall–Kier alpha value is -4.71. The number of ether oxygens (including phenoxy) is 2. The van der Waals surface area contributed by atoms with Crippen molar-refractivity contribution in [1.29, 1.82) is 0 Å². The summed E-state index contributed by atoms with van der Waals surface area (Å²) in [7, 11) is 0. The van der Waals surface area contributed by atoms with E-state index in [1.54, 1.807) is 12.1 Å². The predicted octanol–water partition coefficient (Wildman–Crippen LogP) is 7.99. The lowest BCUT2D eigenvalue weighted by Crippen LogP contribution is -2.53. The van der Waals surface area contributed by atoms with Crippen LogP contribution in [0.2, 0.25) is 0 Å². The SMILES string of the molecule is CC1(C)C(=O)CC2(CC(C(=O)OCc3ccccc3)C2)c2c1n(-c1ccc(F)cc1)c1cccc(OCc3ccccc3)c21. The summed E-state index contributed by atoms with van der Waals surface area (Å²) in [5.74, 6) is -0.0148. The highest BCUT2D eigenvalue weighted by Crippen LogP contribution is 2.60. The maximum atomic E-state index is 14.1. The zero-order chi connectivity index (χ0) is 30.5. The number of fused-ring (bicyclic) bond motifs is 4. The number of rotatable bonds is 7. The Morgan fingerprint density at radius 3 is 2.14 bits per heavy atom.